The van der Waals surface area contributed by atoms with Gasteiger partial charge in [0.05, 0.1) is 5.56 Å². The zero-order chi connectivity index (χ0) is 11.8. The monoisotopic (exact) mass is 242 g/mol. The molecule has 0 amide bonds. The lowest BCUT2D eigenvalue weighted by atomic mass is 10.0. The van der Waals surface area contributed by atoms with Crippen molar-refractivity contribution < 1.29 is 13.2 Å². The summed E-state index contributed by atoms with van der Waals surface area (Å²) >= 11 is 1.44. The van der Waals surface area contributed by atoms with Gasteiger partial charge in [0.2, 0.25) is 0 Å². The van der Waals surface area contributed by atoms with Crippen LogP contribution in [0.3, 0.4) is 0 Å². The molecule has 0 unspecified atom stereocenters. The van der Waals surface area contributed by atoms with Crippen LogP contribution in [0.1, 0.15) is 11.1 Å². The first kappa shape index (κ1) is 11.2. The Labute approximate surface area is 95.4 Å². The second kappa shape index (κ2) is 3.94. The average Bonchev–Trinajstić information content (AvgIpc) is 2.69. The van der Waals surface area contributed by atoms with Gasteiger partial charge in [0, 0.05) is 4.88 Å². The van der Waals surface area contributed by atoms with Gasteiger partial charge >= 0.3 is 6.18 Å². The predicted octanol–water partition coefficient (Wildman–Crippen LogP) is 4.74. The molecule has 2 rings (SSSR count). The Bertz CT molecular complexity index is 483. The minimum Gasteiger partial charge on any atom is -0.166 e. The number of benzene rings is 1. The van der Waals surface area contributed by atoms with Crippen molar-refractivity contribution in [2.75, 3.05) is 0 Å². The number of rotatable bonds is 1. The van der Waals surface area contributed by atoms with Crippen LogP contribution in [-0.4, -0.2) is 0 Å². The highest BCUT2D eigenvalue weighted by atomic mass is 32.1. The molecule has 0 aliphatic rings. The van der Waals surface area contributed by atoms with E-state index in [1.807, 2.05) is 24.4 Å². The lowest BCUT2D eigenvalue weighted by Crippen LogP contribution is -2.04. The summed E-state index contributed by atoms with van der Waals surface area (Å²) in [4.78, 5) is 0.864. The van der Waals surface area contributed by atoms with Gasteiger partial charge in [0.25, 0.3) is 0 Å². The van der Waals surface area contributed by atoms with E-state index in [1.165, 1.54) is 23.5 Å². The highest BCUT2D eigenvalue weighted by molar-refractivity contribution is 7.13. The number of hydrogen-bond acceptors (Lipinski definition) is 1. The van der Waals surface area contributed by atoms with Crippen molar-refractivity contribution in [1.82, 2.24) is 0 Å². The van der Waals surface area contributed by atoms with Crippen LogP contribution < -0.4 is 0 Å². The van der Waals surface area contributed by atoms with Crippen LogP contribution in [0.5, 0.6) is 0 Å². The molecule has 16 heavy (non-hydrogen) atoms. The van der Waals surface area contributed by atoms with Crippen LogP contribution in [0, 0.1) is 6.92 Å². The molecule has 2 aromatic rings. The zero-order valence-electron chi connectivity index (χ0n) is 8.51. The van der Waals surface area contributed by atoms with E-state index in [9.17, 15) is 13.2 Å². The summed E-state index contributed by atoms with van der Waals surface area (Å²) in [6, 6.07) is 7.50. The lowest BCUT2D eigenvalue weighted by Gasteiger charge is -2.10. The Hall–Kier alpha value is -1.29. The molecule has 0 spiro atoms. The molecule has 0 bridgehead atoms. The van der Waals surface area contributed by atoms with Gasteiger partial charge in [-0.15, -0.1) is 11.3 Å². The van der Waals surface area contributed by atoms with Gasteiger partial charge in [-0.1, -0.05) is 12.1 Å². The van der Waals surface area contributed by atoms with Crippen molar-refractivity contribution >= 4 is 11.3 Å². The Morgan fingerprint density at radius 3 is 2.44 bits per heavy atom. The summed E-state index contributed by atoms with van der Waals surface area (Å²) in [6.07, 6.45) is -4.28. The molecule has 1 heterocycles. The summed E-state index contributed by atoms with van der Waals surface area (Å²) in [5.41, 5.74) is 0.918. The molecule has 0 radical (unpaired) electrons. The standard InChI is InChI=1S/C12H9F3S/c1-8-4-5-9(12(13,14)15)7-10(8)11-3-2-6-16-11/h2-7H,1H3. The maximum absolute atomic E-state index is 12.5. The Balaban J connectivity index is 2.54. The Morgan fingerprint density at radius 2 is 1.88 bits per heavy atom. The van der Waals surface area contributed by atoms with E-state index in [-0.39, 0.29) is 0 Å². The van der Waals surface area contributed by atoms with Crippen molar-refractivity contribution in [2.45, 2.75) is 13.1 Å². The van der Waals surface area contributed by atoms with Crippen LogP contribution in [0.25, 0.3) is 10.4 Å². The number of aryl methyl sites for hydroxylation is 1. The topological polar surface area (TPSA) is 0 Å². The van der Waals surface area contributed by atoms with Crippen molar-refractivity contribution in [3.05, 3.63) is 46.8 Å². The molecule has 0 nitrogen and oxygen atoms in total. The van der Waals surface area contributed by atoms with Gasteiger partial charge in [0.15, 0.2) is 0 Å². The first-order valence-corrected chi connectivity index (χ1v) is 5.58. The fourth-order valence-electron chi connectivity index (χ4n) is 1.50. The minimum atomic E-state index is -4.28. The minimum absolute atomic E-state index is 0.596. The molecule has 84 valence electrons. The third kappa shape index (κ3) is 2.11. The number of halogens is 3. The van der Waals surface area contributed by atoms with E-state index >= 15 is 0 Å². The summed E-state index contributed by atoms with van der Waals surface area (Å²) in [5.74, 6) is 0. The average molecular weight is 242 g/mol. The molecule has 0 saturated heterocycles. The van der Waals surface area contributed by atoms with E-state index in [1.54, 1.807) is 0 Å². The molecule has 0 atom stereocenters. The van der Waals surface area contributed by atoms with Gasteiger partial charge in [-0.05, 0) is 41.6 Å². The Morgan fingerprint density at radius 1 is 1.12 bits per heavy atom. The molecule has 0 fully saturated rings. The Kier molecular flexibility index (Phi) is 2.76. The molecule has 0 aliphatic heterocycles. The van der Waals surface area contributed by atoms with Crippen molar-refractivity contribution in [1.29, 1.82) is 0 Å². The SMILES string of the molecule is Cc1ccc(C(F)(F)F)cc1-c1cccs1. The van der Waals surface area contributed by atoms with Crippen LogP contribution in [-0.2, 0) is 6.18 Å². The fourth-order valence-corrected chi connectivity index (χ4v) is 2.30. The second-order valence-corrected chi connectivity index (χ2v) is 4.45. The van der Waals surface area contributed by atoms with Gasteiger partial charge < -0.3 is 0 Å². The largest absolute Gasteiger partial charge is 0.416 e. The van der Waals surface area contributed by atoms with Gasteiger partial charge in [-0.25, -0.2) is 0 Å². The third-order valence-electron chi connectivity index (χ3n) is 2.35. The summed E-state index contributed by atoms with van der Waals surface area (Å²) in [5, 5.41) is 1.86. The molecular weight excluding hydrogens is 233 g/mol. The van der Waals surface area contributed by atoms with Crippen LogP contribution in [0.4, 0.5) is 13.2 Å². The van der Waals surface area contributed by atoms with Gasteiger partial charge in [0.1, 0.15) is 0 Å². The first-order chi connectivity index (χ1) is 7.48. The quantitative estimate of drug-likeness (QED) is 0.677. The van der Waals surface area contributed by atoms with E-state index in [2.05, 4.69) is 0 Å². The van der Waals surface area contributed by atoms with E-state index in [0.29, 0.717) is 5.56 Å². The normalized spacial score (nSPS) is 11.8. The fraction of sp³-hybridized carbons (Fsp3) is 0.167. The van der Waals surface area contributed by atoms with Crippen LogP contribution in [0.2, 0.25) is 0 Å². The van der Waals surface area contributed by atoms with Gasteiger partial charge in [-0.2, -0.15) is 13.2 Å². The summed E-state index contributed by atoms with van der Waals surface area (Å²) in [7, 11) is 0. The molecule has 1 aromatic carbocycles. The highest BCUT2D eigenvalue weighted by Crippen LogP contribution is 2.35. The molecule has 1 aromatic heterocycles. The highest BCUT2D eigenvalue weighted by Gasteiger charge is 2.30. The molecular formula is C12H9F3S. The number of thiophene rings is 1. The van der Waals surface area contributed by atoms with Crippen LogP contribution in [0.15, 0.2) is 35.7 Å². The zero-order valence-corrected chi connectivity index (χ0v) is 9.32. The van der Waals surface area contributed by atoms with Crippen molar-refractivity contribution in [2.24, 2.45) is 0 Å². The van der Waals surface area contributed by atoms with Crippen LogP contribution >= 0.6 is 11.3 Å². The van der Waals surface area contributed by atoms with Gasteiger partial charge in [-0.3, -0.25) is 0 Å². The third-order valence-corrected chi connectivity index (χ3v) is 3.25. The van der Waals surface area contributed by atoms with E-state index in [4.69, 9.17) is 0 Å². The molecule has 0 N–H and O–H groups in total. The number of hydrogen-bond donors (Lipinski definition) is 0. The maximum atomic E-state index is 12.5. The molecule has 0 aliphatic carbocycles. The van der Waals surface area contributed by atoms with Crippen molar-refractivity contribution in [3.8, 4) is 10.4 Å². The smallest absolute Gasteiger partial charge is 0.166 e. The molecule has 4 heteroatoms. The first-order valence-electron chi connectivity index (χ1n) is 4.70. The van der Waals surface area contributed by atoms with Crippen molar-refractivity contribution in [3.63, 3.8) is 0 Å². The number of alkyl halides is 3. The summed E-state index contributed by atoms with van der Waals surface area (Å²) in [6.45, 7) is 1.81. The van der Waals surface area contributed by atoms with E-state index in [0.717, 1.165) is 16.5 Å². The molecule has 0 saturated carbocycles. The van der Waals surface area contributed by atoms with E-state index < -0.39 is 11.7 Å². The maximum Gasteiger partial charge on any atom is 0.416 e. The summed E-state index contributed by atoms with van der Waals surface area (Å²) < 4.78 is 37.6. The lowest BCUT2D eigenvalue weighted by molar-refractivity contribution is -0.137. The second-order valence-electron chi connectivity index (χ2n) is 3.50. The predicted molar refractivity (Wildman–Crippen MR) is 59.5 cm³/mol.